The molecule has 0 heterocycles. The summed E-state index contributed by atoms with van der Waals surface area (Å²) < 4.78 is 0. The van der Waals surface area contributed by atoms with Crippen molar-refractivity contribution in [3.63, 3.8) is 0 Å². The summed E-state index contributed by atoms with van der Waals surface area (Å²) in [5.74, 6) is 0.0802. The second kappa shape index (κ2) is 11.7. The third-order valence-corrected chi connectivity index (χ3v) is 3.23. The monoisotopic (exact) mass is 342 g/mol. The van der Waals surface area contributed by atoms with Crippen molar-refractivity contribution >= 4 is 30.0 Å². The summed E-state index contributed by atoms with van der Waals surface area (Å²) >= 11 is 0. The van der Waals surface area contributed by atoms with Gasteiger partial charge in [-0.2, -0.15) is 0 Å². The van der Waals surface area contributed by atoms with Crippen LogP contribution in [-0.2, 0) is 11.2 Å². The molecule has 0 aliphatic heterocycles. The Morgan fingerprint density at radius 2 is 1.78 bits per heavy atom. The second-order valence-corrected chi connectivity index (χ2v) is 5.17. The van der Waals surface area contributed by atoms with E-state index in [0.717, 1.165) is 18.5 Å². The molecule has 3 amide bonds. The molecule has 0 unspecified atom stereocenters. The molecule has 0 aromatic heterocycles. The lowest BCUT2D eigenvalue weighted by Crippen LogP contribution is -2.33. The minimum absolute atomic E-state index is 0. The van der Waals surface area contributed by atoms with Gasteiger partial charge in [-0.25, -0.2) is 4.79 Å². The fourth-order valence-corrected chi connectivity index (χ4v) is 1.83. The van der Waals surface area contributed by atoms with E-state index in [1.165, 1.54) is 0 Å². The first kappa shape index (κ1) is 21.2. The van der Waals surface area contributed by atoms with E-state index < -0.39 is 0 Å². The number of halogens is 1. The van der Waals surface area contributed by atoms with Gasteiger partial charge < -0.3 is 20.9 Å². The molecule has 130 valence electrons. The number of nitrogens with zero attached hydrogens (tertiary/aromatic N) is 1. The second-order valence-electron chi connectivity index (χ2n) is 5.17. The Bertz CT molecular complexity index is 479. The van der Waals surface area contributed by atoms with E-state index in [-0.39, 0.29) is 24.3 Å². The molecule has 7 heteroatoms. The van der Waals surface area contributed by atoms with Gasteiger partial charge in [-0.05, 0) is 31.2 Å². The Morgan fingerprint density at radius 1 is 1.13 bits per heavy atom. The highest BCUT2D eigenvalue weighted by Crippen LogP contribution is 2.10. The van der Waals surface area contributed by atoms with Crippen molar-refractivity contribution in [1.29, 1.82) is 0 Å². The van der Waals surface area contributed by atoms with Gasteiger partial charge in [0.05, 0.1) is 6.42 Å². The van der Waals surface area contributed by atoms with Gasteiger partial charge >= 0.3 is 6.03 Å². The van der Waals surface area contributed by atoms with Gasteiger partial charge in [0.1, 0.15) is 0 Å². The summed E-state index contributed by atoms with van der Waals surface area (Å²) in [6.07, 6.45) is 1.26. The number of carbonyl (C=O) groups excluding carboxylic acids is 2. The summed E-state index contributed by atoms with van der Waals surface area (Å²) in [4.78, 5) is 25.3. The van der Waals surface area contributed by atoms with Crippen LogP contribution in [0, 0.1) is 0 Å². The van der Waals surface area contributed by atoms with Gasteiger partial charge in [0, 0.05) is 32.4 Å². The lowest BCUT2D eigenvalue weighted by Gasteiger charge is -2.17. The van der Waals surface area contributed by atoms with Crippen LogP contribution in [0.5, 0.6) is 0 Å². The van der Waals surface area contributed by atoms with Crippen LogP contribution in [0.15, 0.2) is 24.3 Å². The van der Waals surface area contributed by atoms with Crippen LogP contribution in [0.3, 0.4) is 0 Å². The molecule has 0 saturated carbocycles. The summed E-state index contributed by atoms with van der Waals surface area (Å²) in [6.45, 7) is 4.11. The summed E-state index contributed by atoms with van der Waals surface area (Å²) in [7, 11) is 3.66. The average Bonchev–Trinajstić information content (AvgIpc) is 2.52. The molecule has 1 aromatic rings. The molecule has 3 N–H and O–H groups in total. The van der Waals surface area contributed by atoms with Gasteiger partial charge in [-0.3, -0.25) is 4.79 Å². The molecule has 6 nitrogen and oxygen atoms in total. The molecule has 1 aromatic carbocycles. The maximum atomic E-state index is 12.0. The number of urea groups is 1. The van der Waals surface area contributed by atoms with E-state index in [1.807, 2.05) is 38.2 Å². The standard InChI is InChI=1S/C16H26N4O2.ClH/c1-4-9-18-16(22)19-14-7-5-13(6-8-14)12-15(21)20(3)11-10-17-2;/h5-8,17H,4,9-12H2,1-3H3,(H2,18,19,22);1H. The SMILES string of the molecule is CCCNC(=O)Nc1ccc(CC(=O)N(C)CCNC)cc1.Cl. The molecule has 0 fully saturated rings. The zero-order chi connectivity index (χ0) is 16.4. The summed E-state index contributed by atoms with van der Waals surface area (Å²) in [5, 5.41) is 8.52. The van der Waals surface area contributed by atoms with Gasteiger partial charge in [0.2, 0.25) is 5.91 Å². The van der Waals surface area contributed by atoms with Crippen LogP contribution in [0.2, 0.25) is 0 Å². The van der Waals surface area contributed by atoms with E-state index in [2.05, 4.69) is 16.0 Å². The molecule has 23 heavy (non-hydrogen) atoms. The van der Waals surface area contributed by atoms with Crippen molar-refractivity contribution in [2.45, 2.75) is 19.8 Å². The Hall–Kier alpha value is -1.79. The van der Waals surface area contributed by atoms with Crippen molar-refractivity contribution in [2.24, 2.45) is 0 Å². The van der Waals surface area contributed by atoms with E-state index in [4.69, 9.17) is 0 Å². The molecule has 0 aliphatic carbocycles. The zero-order valence-corrected chi connectivity index (χ0v) is 14.8. The van der Waals surface area contributed by atoms with Crippen LogP contribution in [0.4, 0.5) is 10.5 Å². The van der Waals surface area contributed by atoms with Crippen LogP contribution in [0.1, 0.15) is 18.9 Å². The number of rotatable bonds is 8. The predicted molar refractivity (Wildman–Crippen MR) is 96.3 cm³/mol. The first-order valence-electron chi connectivity index (χ1n) is 7.59. The first-order chi connectivity index (χ1) is 10.6. The highest BCUT2D eigenvalue weighted by molar-refractivity contribution is 5.89. The molecule has 0 radical (unpaired) electrons. The molecule has 0 spiro atoms. The zero-order valence-electron chi connectivity index (χ0n) is 14.0. The van der Waals surface area contributed by atoms with Crippen LogP contribution >= 0.6 is 12.4 Å². The van der Waals surface area contributed by atoms with E-state index >= 15 is 0 Å². The Labute approximate surface area is 144 Å². The fourth-order valence-electron chi connectivity index (χ4n) is 1.83. The number of benzene rings is 1. The van der Waals surface area contributed by atoms with Crippen LogP contribution < -0.4 is 16.0 Å². The third kappa shape index (κ3) is 8.42. The van der Waals surface area contributed by atoms with E-state index in [9.17, 15) is 9.59 Å². The fraction of sp³-hybridized carbons (Fsp3) is 0.500. The molecule has 0 atom stereocenters. The van der Waals surface area contributed by atoms with Crippen LogP contribution in [0.25, 0.3) is 0 Å². The van der Waals surface area contributed by atoms with Gasteiger partial charge in [0.15, 0.2) is 0 Å². The number of likely N-dealkylation sites (N-methyl/N-ethyl adjacent to an activating group) is 2. The molecule has 0 bridgehead atoms. The van der Waals surface area contributed by atoms with E-state index in [1.54, 1.807) is 11.9 Å². The predicted octanol–water partition coefficient (Wildman–Crippen LogP) is 1.86. The quantitative estimate of drug-likeness (QED) is 0.675. The van der Waals surface area contributed by atoms with Gasteiger partial charge in [-0.1, -0.05) is 19.1 Å². The van der Waals surface area contributed by atoms with Crippen molar-refractivity contribution in [3.8, 4) is 0 Å². The van der Waals surface area contributed by atoms with Crippen molar-refractivity contribution < 1.29 is 9.59 Å². The maximum Gasteiger partial charge on any atom is 0.319 e. The smallest absolute Gasteiger partial charge is 0.319 e. The highest BCUT2D eigenvalue weighted by Gasteiger charge is 2.09. The largest absolute Gasteiger partial charge is 0.344 e. The number of hydrogen-bond donors (Lipinski definition) is 3. The van der Waals surface area contributed by atoms with Crippen molar-refractivity contribution in [1.82, 2.24) is 15.5 Å². The minimum atomic E-state index is -0.211. The first-order valence-corrected chi connectivity index (χ1v) is 7.59. The molecular weight excluding hydrogens is 316 g/mol. The Morgan fingerprint density at radius 3 is 2.35 bits per heavy atom. The van der Waals surface area contributed by atoms with Gasteiger partial charge in [0.25, 0.3) is 0 Å². The lowest BCUT2D eigenvalue weighted by atomic mass is 10.1. The molecule has 0 saturated heterocycles. The number of carbonyl (C=O) groups is 2. The number of amides is 3. The Balaban J connectivity index is 0.00000484. The molecule has 1 rings (SSSR count). The summed E-state index contributed by atoms with van der Waals surface area (Å²) in [6, 6.07) is 7.12. The average molecular weight is 343 g/mol. The summed E-state index contributed by atoms with van der Waals surface area (Å²) in [5.41, 5.74) is 1.65. The van der Waals surface area contributed by atoms with Gasteiger partial charge in [-0.15, -0.1) is 12.4 Å². The molecular formula is C16H27ClN4O2. The lowest BCUT2D eigenvalue weighted by molar-refractivity contribution is -0.129. The number of hydrogen-bond acceptors (Lipinski definition) is 3. The minimum Gasteiger partial charge on any atom is -0.344 e. The normalized spacial score (nSPS) is 9.70. The maximum absolute atomic E-state index is 12.0. The third-order valence-electron chi connectivity index (χ3n) is 3.23. The number of nitrogens with one attached hydrogen (secondary N) is 3. The van der Waals surface area contributed by atoms with Crippen molar-refractivity contribution in [3.05, 3.63) is 29.8 Å². The van der Waals surface area contributed by atoms with E-state index in [0.29, 0.717) is 25.2 Å². The van der Waals surface area contributed by atoms with Crippen molar-refractivity contribution in [2.75, 3.05) is 39.0 Å². The molecule has 0 aliphatic rings. The van der Waals surface area contributed by atoms with Crippen LogP contribution in [-0.4, -0.2) is 50.6 Å². The highest BCUT2D eigenvalue weighted by atomic mass is 35.5. The Kier molecular flexibility index (Phi) is 10.8. The topological polar surface area (TPSA) is 73.5 Å². The number of anilines is 1.